The van der Waals surface area contributed by atoms with Gasteiger partial charge in [-0.3, -0.25) is 0 Å². The predicted octanol–water partition coefficient (Wildman–Crippen LogP) is 2.20. The van der Waals surface area contributed by atoms with Crippen molar-refractivity contribution in [2.45, 2.75) is 0 Å². The van der Waals surface area contributed by atoms with E-state index in [4.69, 9.17) is 0 Å². The van der Waals surface area contributed by atoms with Crippen LogP contribution in [0.3, 0.4) is 0 Å². The zero-order valence-electron chi connectivity index (χ0n) is 11.0. The van der Waals surface area contributed by atoms with Gasteiger partial charge in [-0.25, -0.2) is 0 Å². The van der Waals surface area contributed by atoms with Crippen molar-refractivity contribution in [1.29, 1.82) is 0 Å². The Labute approximate surface area is 138 Å². The normalized spacial score (nSPS) is 10.1. The molecule has 2 heteroatoms. The molecule has 0 nitrogen and oxygen atoms in total. The van der Waals surface area contributed by atoms with E-state index in [1.165, 1.54) is 10.7 Å². The summed E-state index contributed by atoms with van der Waals surface area (Å²) in [5.74, 6) is 0. The first kappa shape index (κ1) is 15.4. The van der Waals surface area contributed by atoms with Crippen molar-refractivity contribution >= 4 is 30.5 Å². The molecule has 2 radical (unpaired) electrons. The molecule has 0 saturated heterocycles. The molecule has 0 aromatic heterocycles. The van der Waals surface area contributed by atoms with Crippen LogP contribution in [0.25, 0.3) is 0 Å². The number of rotatable bonds is 3. The van der Waals surface area contributed by atoms with Crippen LogP contribution in [-0.2, 0) is 17.1 Å². The minimum absolute atomic E-state index is 0. The van der Waals surface area contributed by atoms with Gasteiger partial charge in [0, 0.05) is 17.1 Å². The van der Waals surface area contributed by atoms with Crippen molar-refractivity contribution in [3.63, 3.8) is 0 Å². The van der Waals surface area contributed by atoms with Crippen molar-refractivity contribution in [3.8, 4) is 0 Å². The Kier molecular flexibility index (Phi) is 5.90. The van der Waals surface area contributed by atoms with Crippen LogP contribution in [0.4, 0.5) is 0 Å². The summed E-state index contributed by atoms with van der Waals surface area (Å²) in [5, 5.41) is 0. The van der Waals surface area contributed by atoms with E-state index in [1.807, 2.05) is 0 Å². The first-order valence-corrected chi connectivity index (χ1v) is 10.8. The van der Waals surface area contributed by atoms with E-state index in [1.54, 1.807) is 0 Å². The van der Waals surface area contributed by atoms with Crippen LogP contribution in [-0.4, -0.2) is 19.8 Å². The Hall–Kier alpha value is -1.02. The molecular formula is C18H15CuSn. The van der Waals surface area contributed by atoms with Gasteiger partial charge >= 0.3 is 121 Å². The summed E-state index contributed by atoms with van der Waals surface area (Å²) in [7, 11) is 0. The number of hydrogen-bond donors (Lipinski definition) is 0. The third kappa shape index (κ3) is 3.54. The second-order valence-electron chi connectivity index (χ2n) is 4.47. The summed E-state index contributed by atoms with van der Waals surface area (Å²) < 4.78 is 4.59. The van der Waals surface area contributed by atoms with Crippen LogP contribution < -0.4 is 10.7 Å². The van der Waals surface area contributed by atoms with E-state index >= 15 is 0 Å². The Morgan fingerprint density at radius 3 is 0.900 bits per heavy atom. The molecule has 0 aliphatic carbocycles. The van der Waals surface area contributed by atoms with Gasteiger partial charge in [-0.15, -0.1) is 0 Å². The molecule has 20 heavy (non-hydrogen) atoms. The van der Waals surface area contributed by atoms with Gasteiger partial charge in [0.1, 0.15) is 0 Å². The molecule has 0 aliphatic heterocycles. The van der Waals surface area contributed by atoms with E-state index in [0.29, 0.717) is 0 Å². The standard InChI is InChI=1S/3C6H5.Cu.Sn/c3*1-2-4-6-5-3-1;;/h3*1-5H;;. The second kappa shape index (κ2) is 7.68. The third-order valence-corrected chi connectivity index (χ3v) is 11.0. The van der Waals surface area contributed by atoms with Gasteiger partial charge in [0.05, 0.1) is 0 Å². The van der Waals surface area contributed by atoms with Crippen LogP contribution >= 0.6 is 0 Å². The average molecular weight is 414 g/mol. The molecule has 102 valence electrons. The van der Waals surface area contributed by atoms with Crippen LogP contribution in [0.5, 0.6) is 0 Å². The molecule has 0 saturated carbocycles. The van der Waals surface area contributed by atoms with Gasteiger partial charge in [-0.1, -0.05) is 0 Å². The van der Waals surface area contributed by atoms with Gasteiger partial charge in [-0.05, 0) is 0 Å². The Morgan fingerprint density at radius 2 is 0.650 bits per heavy atom. The zero-order chi connectivity index (χ0) is 12.9. The first-order chi connectivity index (χ1) is 9.45. The molecule has 0 bridgehead atoms. The molecule has 0 amide bonds. The van der Waals surface area contributed by atoms with Crippen molar-refractivity contribution in [2.75, 3.05) is 0 Å². The van der Waals surface area contributed by atoms with Crippen LogP contribution in [0, 0.1) is 0 Å². The topological polar surface area (TPSA) is 0 Å². The Balaban J connectivity index is 0.00000147. The monoisotopic (exact) mass is 414 g/mol. The molecular weight excluding hydrogens is 398 g/mol. The summed E-state index contributed by atoms with van der Waals surface area (Å²) in [6.07, 6.45) is 0. The van der Waals surface area contributed by atoms with Crippen LogP contribution in [0.1, 0.15) is 0 Å². The second-order valence-corrected chi connectivity index (χ2v) is 11.6. The fourth-order valence-electron chi connectivity index (χ4n) is 2.31. The summed E-state index contributed by atoms with van der Waals surface area (Å²) >= 11 is -1.98. The van der Waals surface area contributed by atoms with Gasteiger partial charge in [0.2, 0.25) is 0 Å². The van der Waals surface area contributed by atoms with Crippen LogP contribution in [0.15, 0.2) is 91.0 Å². The third-order valence-electron chi connectivity index (χ3n) is 3.19. The summed E-state index contributed by atoms with van der Waals surface area (Å²) in [5.41, 5.74) is 0. The zero-order valence-corrected chi connectivity index (χ0v) is 14.8. The Bertz CT molecular complexity index is 529. The minimum atomic E-state index is -1.98. The Morgan fingerprint density at radius 1 is 0.400 bits per heavy atom. The van der Waals surface area contributed by atoms with E-state index < -0.39 is 19.8 Å². The molecule has 0 unspecified atom stereocenters. The van der Waals surface area contributed by atoms with E-state index in [-0.39, 0.29) is 17.1 Å². The first-order valence-electron chi connectivity index (χ1n) is 6.48. The molecule has 0 N–H and O–H groups in total. The van der Waals surface area contributed by atoms with E-state index in [0.717, 1.165) is 0 Å². The summed E-state index contributed by atoms with van der Waals surface area (Å²) in [6.45, 7) is 0. The number of benzene rings is 3. The molecule has 0 spiro atoms. The fraction of sp³-hybridized carbons (Fsp3) is 0. The van der Waals surface area contributed by atoms with Crippen molar-refractivity contribution < 1.29 is 17.1 Å². The molecule has 3 aromatic carbocycles. The summed E-state index contributed by atoms with van der Waals surface area (Å²) in [4.78, 5) is 0. The van der Waals surface area contributed by atoms with Crippen molar-refractivity contribution in [3.05, 3.63) is 91.0 Å². The van der Waals surface area contributed by atoms with Gasteiger partial charge in [0.25, 0.3) is 0 Å². The van der Waals surface area contributed by atoms with Gasteiger partial charge in [-0.2, -0.15) is 0 Å². The quantitative estimate of drug-likeness (QED) is 0.578. The molecule has 0 aliphatic rings. The molecule has 3 aromatic rings. The maximum absolute atomic E-state index is 2.29. The number of hydrogen-bond acceptors (Lipinski definition) is 0. The van der Waals surface area contributed by atoms with E-state index in [9.17, 15) is 0 Å². The maximum atomic E-state index is 2.29. The molecule has 0 heterocycles. The van der Waals surface area contributed by atoms with Crippen molar-refractivity contribution in [2.24, 2.45) is 0 Å². The van der Waals surface area contributed by atoms with Gasteiger partial charge in [0.15, 0.2) is 0 Å². The van der Waals surface area contributed by atoms with Crippen molar-refractivity contribution in [1.82, 2.24) is 0 Å². The predicted molar refractivity (Wildman–Crippen MR) is 84.0 cm³/mol. The van der Waals surface area contributed by atoms with Crippen LogP contribution in [0.2, 0.25) is 0 Å². The molecule has 0 fully saturated rings. The SMILES string of the molecule is [Cu].c1cc[c]([Sn]([c]2ccccc2)[c]2ccccc2)cc1. The summed E-state index contributed by atoms with van der Waals surface area (Å²) in [6, 6.07) is 32.9. The average Bonchev–Trinajstić information content (AvgIpc) is 2.51. The molecule has 3 rings (SSSR count). The molecule has 0 atom stereocenters. The van der Waals surface area contributed by atoms with E-state index in [2.05, 4.69) is 91.0 Å². The van der Waals surface area contributed by atoms with Gasteiger partial charge < -0.3 is 0 Å². The fourth-order valence-corrected chi connectivity index (χ4v) is 9.67.